The molecule has 3 rings (SSSR count). The molecule has 1 saturated heterocycles. The van der Waals surface area contributed by atoms with E-state index in [0.29, 0.717) is 18.3 Å². The summed E-state index contributed by atoms with van der Waals surface area (Å²) < 4.78 is 5.40. The number of rotatable bonds is 7. The minimum absolute atomic E-state index is 0.159. The summed E-state index contributed by atoms with van der Waals surface area (Å²) in [6.45, 7) is 6.22. The van der Waals surface area contributed by atoms with Crippen LogP contribution in [0.2, 0.25) is 0 Å². The first-order valence-electron chi connectivity index (χ1n) is 9.83. The fraction of sp³-hybridized carbons (Fsp3) is 0.429. The zero-order valence-electron chi connectivity index (χ0n) is 16.4. The maximum Gasteiger partial charge on any atom is 0.284 e. The molecule has 2 heterocycles. The Balaban J connectivity index is 1.56. The number of carbonyl (C=O) groups is 1. The van der Waals surface area contributed by atoms with Gasteiger partial charge in [0.05, 0.1) is 0 Å². The number of hydrogen-bond acceptors (Lipinski definition) is 4. The normalized spacial score (nSPS) is 18.0. The summed E-state index contributed by atoms with van der Waals surface area (Å²) in [6.07, 6.45) is 2.27. The van der Waals surface area contributed by atoms with E-state index >= 15 is 0 Å². The van der Waals surface area contributed by atoms with Gasteiger partial charge in [-0.15, -0.1) is 0 Å². The van der Waals surface area contributed by atoms with Gasteiger partial charge >= 0.3 is 0 Å². The number of likely N-dealkylation sites (tertiary alicyclic amines) is 1. The third-order valence-corrected chi connectivity index (χ3v) is 4.74. The van der Waals surface area contributed by atoms with Gasteiger partial charge in [0.2, 0.25) is 0 Å². The van der Waals surface area contributed by atoms with Gasteiger partial charge in [-0.25, -0.2) is 4.99 Å². The molecule has 4 N–H and O–H groups in total. The highest BCUT2D eigenvalue weighted by Gasteiger charge is 2.20. The lowest BCUT2D eigenvalue weighted by molar-refractivity contribution is 0.0972. The van der Waals surface area contributed by atoms with Crippen LogP contribution in [0.1, 0.15) is 41.6 Å². The molecule has 1 aromatic carbocycles. The molecule has 150 valence electrons. The third-order valence-electron chi connectivity index (χ3n) is 4.74. The minimum atomic E-state index is -0.569. The van der Waals surface area contributed by atoms with Crippen molar-refractivity contribution in [2.45, 2.75) is 38.9 Å². The highest BCUT2D eigenvalue weighted by atomic mass is 16.3. The van der Waals surface area contributed by atoms with Gasteiger partial charge in [0, 0.05) is 25.7 Å². The molecule has 2 aromatic rings. The molecule has 0 radical (unpaired) electrons. The predicted molar refractivity (Wildman–Crippen MR) is 110 cm³/mol. The molecule has 7 heteroatoms. The van der Waals surface area contributed by atoms with Gasteiger partial charge in [-0.3, -0.25) is 9.69 Å². The average molecular weight is 383 g/mol. The maximum absolute atomic E-state index is 11.1. The molecule has 0 spiro atoms. The number of furan rings is 1. The monoisotopic (exact) mass is 383 g/mol. The highest BCUT2D eigenvalue weighted by molar-refractivity contribution is 5.89. The van der Waals surface area contributed by atoms with Crippen molar-refractivity contribution < 1.29 is 9.21 Å². The Hall–Kier alpha value is -2.80. The van der Waals surface area contributed by atoms with E-state index in [1.54, 1.807) is 12.1 Å². The second kappa shape index (κ2) is 9.94. The molecule has 7 nitrogen and oxygen atoms in total. The molecule has 0 aliphatic carbocycles. The summed E-state index contributed by atoms with van der Waals surface area (Å²) in [5, 5.41) is 6.82. The molecular weight excluding hydrogens is 354 g/mol. The number of primary amides is 1. The van der Waals surface area contributed by atoms with E-state index in [9.17, 15) is 4.79 Å². The Labute approximate surface area is 166 Å². The van der Waals surface area contributed by atoms with Crippen LogP contribution in [-0.2, 0) is 13.1 Å². The van der Waals surface area contributed by atoms with Crippen LogP contribution in [0.15, 0.2) is 51.9 Å². The molecule has 1 aromatic heterocycles. The zero-order chi connectivity index (χ0) is 19.8. The molecule has 1 fully saturated rings. The van der Waals surface area contributed by atoms with E-state index < -0.39 is 5.91 Å². The number of nitrogens with one attached hydrogen (secondary N) is 2. The minimum Gasteiger partial charge on any atom is -0.454 e. The SMILES string of the molecule is CCNC(=NCc1ccc(C(N)=O)o1)NC1CCCN(Cc2ccccc2)C1. The van der Waals surface area contributed by atoms with Crippen molar-refractivity contribution in [3.05, 3.63) is 59.5 Å². The average Bonchev–Trinajstić information content (AvgIpc) is 3.17. The topological polar surface area (TPSA) is 95.9 Å². The van der Waals surface area contributed by atoms with Crippen LogP contribution in [0.3, 0.4) is 0 Å². The lowest BCUT2D eigenvalue weighted by atomic mass is 10.0. The van der Waals surface area contributed by atoms with Gasteiger partial charge in [0.1, 0.15) is 12.3 Å². The second-order valence-electron chi connectivity index (χ2n) is 7.03. The largest absolute Gasteiger partial charge is 0.454 e. The van der Waals surface area contributed by atoms with Crippen LogP contribution >= 0.6 is 0 Å². The van der Waals surface area contributed by atoms with Crippen LogP contribution in [0.4, 0.5) is 0 Å². The van der Waals surface area contributed by atoms with Crippen molar-refractivity contribution in [2.24, 2.45) is 10.7 Å². The van der Waals surface area contributed by atoms with Gasteiger partial charge in [0.25, 0.3) is 5.91 Å². The van der Waals surface area contributed by atoms with Gasteiger partial charge in [-0.05, 0) is 44.0 Å². The summed E-state index contributed by atoms with van der Waals surface area (Å²) in [5.74, 6) is 0.958. The van der Waals surface area contributed by atoms with Crippen LogP contribution < -0.4 is 16.4 Å². The van der Waals surface area contributed by atoms with Crippen molar-refractivity contribution in [1.29, 1.82) is 0 Å². The Morgan fingerprint density at radius 2 is 2.11 bits per heavy atom. The maximum atomic E-state index is 11.1. The van der Waals surface area contributed by atoms with Crippen molar-refractivity contribution in [3.63, 3.8) is 0 Å². The number of benzene rings is 1. The predicted octanol–water partition coefficient (Wildman–Crippen LogP) is 2.10. The summed E-state index contributed by atoms with van der Waals surface area (Å²) in [7, 11) is 0. The number of guanidine groups is 1. The lowest BCUT2D eigenvalue weighted by Crippen LogP contribution is -2.50. The lowest BCUT2D eigenvalue weighted by Gasteiger charge is -2.34. The Kier molecular flexibility index (Phi) is 7.08. The van der Waals surface area contributed by atoms with Gasteiger partial charge in [-0.2, -0.15) is 0 Å². The smallest absolute Gasteiger partial charge is 0.284 e. The van der Waals surface area contributed by atoms with E-state index in [0.717, 1.165) is 45.0 Å². The zero-order valence-corrected chi connectivity index (χ0v) is 16.4. The first kappa shape index (κ1) is 19.9. The number of piperidine rings is 1. The fourth-order valence-corrected chi connectivity index (χ4v) is 3.42. The summed E-state index contributed by atoms with van der Waals surface area (Å²) in [4.78, 5) is 18.2. The van der Waals surface area contributed by atoms with Crippen molar-refractivity contribution >= 4 is 11.9 Å². The summed E-state index contributed by atoms with van der Waals surface area (Å²) >= 11 is 0. The number of aliphatic imine (C=N–C) groups is 1. The molecule has 1 aliphatic heterocycles. The van der Waals surface area contributed by atoms with E-state index in [-0.39, 0.29) is 5.76 Å². The number of nitrogens with zero attached hydrogens (tertiary/aromatic N) is 2. The quantitative estimate of drug-likeness (QED) is 0.503. The van der Waals surface area contributed by atoms with E-state index in [2.05, 4.69) is 50.9 Å². The van der Waals surface area contributed by atoms with Crippen molar-refractivity contribution in [3.8, 4) is 0 Å². The third kappa shape index (κ3) is 5.85. The molecule has 0 saturated carbocycles. The van der Waals surface area contributed by atoms with E-state index in [1.165, 1.54) is 5.56 Å². The Morgan fingerprint density at radius 3 is 2.82 bits per heavy atom. The van der Waals surface area contributed by atoms with Crippen LogP contribution in [0.25, 0.3) is 0 Å². The molecule has 1 aliphatic rings. The molecule has 1 unspecified atom stereocenters. The van der Waals surface area contributed by atoms with Crippen LogP contribution in [0.5, 0.6) is 0 Å². The van der Waals surface area contributed by atoms with E-state index in [1.807, 2.05) is 6.92 Å². The highest BCUT2D eigenvalue weighted by Crippen LogP contribution is 2.14. The van der Waals surface area contributed by atoms with Crippen LogP contribution in [-0.4, -0.2) is 42.4 Å². The first-order chi connectivity index (χ1) is 13.6. The molecule has 28 heavy (non-hydrogen) atoms. The standard InChI is InChI=1S/C21H29N5O2/c1-2-23-21(24-13-18-10-11-19(28-18)20(22)27)25-17-9-6-12-26(15-17)14-16-7-4-3-5-8-16/h3-5,7-8,10-11,17H,2,6,9,12-15H2,1H3,(H2,22,27)(H2,23,24,25). The number of carbonyl (C=O) groups excluding carboxylic acids is 1. The number of amides is 1. The Bertz CT molecular complexity index is 787. The Morgan fingerprint density at radius 1 is 1.29 bits per heavy atom. The number of hydrogen-bond donors (Lipinski definition) is 3. The van der Waals surface area contributed by atoms with Gasteiger partial charge in [0.15, 0.2) is 11.7 Å². The summed E-state index contributed by atoms with van der Waals surface area (Å²) in [6, 6.07) is 14.2. The van der Waals surface area contributed by atoms with E-state index in [4.69, 9.17) is 10.2 Å². The van der Waals surface area contributed by atoms with Crippen molar-refractivity contribution in [2.75, 3.05) is 19.6 Å². The van der Waals surface area contributed by atoms with Gasteiger partial charge in [-0.1, -0.05) is 30.3 Å². The summed E-state index contributed by atoms with van der Waals surface area (Å²) in [5.41, 5.74) is 6.56. The molecular formula is C21H29N5O2. The molecule has 0 bridgehead atoms. The molecule has 1 amide bonds. The first-order valence-corrected chi connectivity index (χ1v) is 9.83. The van der Waals surface area contributed by atoms with Crippen molar-refractivity contribution in [1.82, 2.24) is 15.5 Å². The molecule has 1 atom stereocenters. The van der Waals surface area contributed by atoms with Crippen LogP contribution in [0, 0.1) is 0 Å². The second-order valence-corrected chi connectivity index (χ2v) is 7.03. The number of nitrogens with two attached hydrogens (primary N) is 1. The fourth-order valence-electron chi connectivity index (χ4n) is 3.42. The van der Waals surface area contributed by atoms with Gasteiger partial charge < -0.3 is 20.8 Å².